The predicted molar refractivity (Wildman–Crippen MR) is 294 cm³/mol. The Labute approximate surface area is 410 Å². The molecule has 0 unspecified atom stereocenters. The molecule has 16 aromatic rings. The summed E-state index contributed by atoms with van der Waals surface area (Å²) in [6.07, 6.45) is 0. The monoisotopic (exact) mass is 919 g/mol. The maximum atomic E-state index is 6.76. The molecular formula is C65H37N5O2. The Morgan fingerprint density at radius 2 is 0.778 bits per heavy atom. The minimum Gasteiger partial charge on any atom is -0.456 e. The Balaban J connectivity index is 1.06. The number of hydrogen-bond donors (Lipinski definition) is 0. The molecule has 11 aromatic carbocycles. The lowest BCUT2D eigenvalue weighted by molar-refractivity contribution is 0.668. The third-order valence-electron chi connectivity index (χ3n) is 14.7. The lowest BCUT2D eigenvalue weighted by Crippen LogP contribution is -2.04. The fourth-order valence-corrected chi connectivity index (χ4v) is 11.5. The molecular weight excluding hydrogens is 883 g/mol. The van der Waals surface area contributed by atoms with Crippen molar-refractivity contribution in [3.8, 4) is 45.5 Å². The van der Waals surface area contributed by atoms with E-state index in [2.05, 4.69) is 197 Å². The highest BCUT2D eigenvalue weighted by molar-refractivity contribution is 6.19. The lowest BCUT2D eigenvalue weighted by atomic mass is 10.0. The van der Waals surface area contributed by atoms with Gasteiger partial charge in [-0.2, -0.15) is 0 Å². The third kappa shape index (κ3) is 5.64. The van der Waals surface area contributed by atoms with E-state index in [0.717, 1.165) is 126 Å². The highest BCUT2D eigenvalue weighted by Gasteiger charge is 2.26. The zero-order valence-electron chi connectivity index (χ0n) is 38.4. The first kappa shape index (κ1) is 39.0. The Morgan fingerprint density at radius 3 is 1.47 bits per heavy atom. The van der Waals surface area contributed by atoms with Gasteiger partial charge in [0.05, 0.1) is 27.8 Å². The summed E-state index contributed by atoms with van der Waals surface area (Å²) < 4.78 is 18.0. The molecule has 0 aliphatic carbocycles. The number of hydrogen-bond acceptors (Lipinski definition) is 5. The van der Waals surface area contributed by atoms with Crippen LogP contribution in [0.2, 0.25) is 0 Å². The molecule has 0 saturated carbocycles. The van der Waals surface area contributed by atoms with Crippen molar-refractivity contribution in [1.29, 1.82) is 0 Å². The zero-order valence-corrected chi connectivity index (χ0v) is 38.4. The van der Waals surface area contributed by atoms with Crippen LogP contribution in [0.4, 0.5) is 0 Å². The Bertz CT molecular complexity index is 4850. The van der Waals surface area contributed by atoms with Gasteiger partial charge in [0.15, 0.2) is 17.5 Å². The van der Waals surface area contributed by atoms with Crippen LogP contribution in [0.25, 0.3) is 155 Å². The molecule has 72 heavy (non-hydrogen) atoms. The average molecular weight is 920 g/mol. The maximum absolute atomic E-state index is 6.76. The van der Waals surface area contributed by atoms with Crippen LogP contribution in [-0.2, 0) is 0 Å². The number of fused-ring (bicyclic) bond motifs is 14. The smallest absolute Gasteiger partial charge is 0.166 e. The van der Waals surface area contributed by atoms with Crippen LogP contribution >= 0.6 is 0 Å². The quantitative estimate of drug-likeness (QED) is 0.172. The second kappa shape index (κ2) is 14.8. The second-order valence-corrected chi connectivity index (χ2v) is 18.7. The zero-order chi connectivity index (χ0) is 47.0. The first-order valence-electron chi connectivity index (χ1n) is 24.2. The Kier molecular flexibility index (Phi) is 8.04. The molecule has 0 amide bonds. The maximum Gasteiger partial charge on any atom is 0.166 e. The van der Waals surface area contributed by atoms with Crippen molar-refractivity contribution in [2.45, 2.75) is 0 Å². The number of benzene rings is 11. The molecule has 16 rings (SSSR count). The highest BCUT2D eigenvalue weighted by Crippen LogP contribution is 2.45. The molecule has 0 atom stereocenters. The van der Waals surface area contributed by atoms with E-state index in [-0.39, 0.29) is 0 Å². The standard InChI is InChI=1S/C65H37N5O2/c1-2-20-42(21-3-1)69-52-27-11-8-23-44(52)61-46(25-14-28-53(61)69)63-66-64(47-26-15-31-59-62(47)45-24-10-13-30-58(45)71-59)68-65(67-63)51-37-60-50(43-22-9-12-29-57(43)72-60)36-56(51)70-54-34-40-18-6-4-16-38(40)32-48(54)49-33-39-17-5-7-19-41(39)35-55(49)70/h1-37H. The number of furan rings is 2. The first-order chi connectivity index (χ1) is 35.7. The van der Waals surface area contributed by atoms with Crippen LogP contribution < -0.4 is 0 Å². The highest BCUT2D eigenvalue weighted by atomic mass is 16.3. The van der Waals surface area contributed by atoms with Gasteiger partial charge in [-0.15, -0.1) is 0 Å². The van der Waals surface area contributed by atoms with Crippen molar-refractivity contribution in [3.63, 3.8) is 0 Å². The van der Waals surface area contributed by atoms with Crippen LogP contribution in [0.3, 0.4) is 0 Å². The molecule has 7 nitrogen and oxygen atoms in total. The molecule has 5 aromatic heterocycles. The van der Waals surface area contributed by atoms with Crippen molar-refractivity contribution in [1.82, 2.24) is 24.1 Å². The molecule has 0 aliphatic heterocycles. The second-order valence-electron chi connectivity index (χ2n) is 18.7. The van der Waals surface area contributed by atoms with Gasteiger partial charge < -0.3 is 18.0 Å². The Hall–Kier alpha value is -9.85. The summed E-state index contributed by atoms with van der Waals surface area (Å²) in [6.45, 7) is 0. The summed E-state index contributed by atoms with van der Waals surface area (Å²) >= 11 is 0. The van der Waals surface area contributed by atoms with E-state index in [0.29, 0.717) is 17.5 Å². The minimum absolute atomic E-state index is 0.512. The van der Waals surface area contributed by atoms with Crippen LogP contribution in [0, 0.1) is 0 Å². The topological polar surface area (TPSA) is 74.8 Å². The van der Waals surface area contributed by atoms with E-state index < -0.39 is 0 Å². The van der Waals surface area contributed by atoms with Crippen molar-refractivity contribution in [3.05, 3.63) is 224 Å². The number of rotatable bonds is 5. The SMILES string of the molecule is c1ccc(-n2c3ccccc3c3c(-c4nc(-c5cc6oc7ccccc7c6cc5-n5c6cc7ccccc7cc6c6cc7ccccc7cc65)nc(-c5cccc6oc7ccccc7c56)n4)cccc32)cc1. The van der Waals surface area contributed by atoms with E-state index in [9.17, 15) is 0 Å². The van der Waals surface area contributed by atoms with Gasteiger partial charge in [-0.1, -0.05) is 146 Å². The average Bonchev–Trinajstić information content (AvgIpc) is 4.19. The number of nitrogens with zero attached hydrogens (tertiary/aromatic N) is 5. The molecule has 0 fully saturated rings. The molecule has 0 bridgehead atoms. The molecule has 5 heterocycles. The van der Waals surface area contributed by atoms with Crippen LogP contribution in [0.5, 0.6) is 0 Å². The summed E-state index contributed by atoms with van der Waals surface area (Å²) in [4.78, 5) is 16.8. The molecule has 0 aliphatic rings. The summed E-state index contributed by atoms with van der Waals surface area (Å²) in [7, 11) is 0. The van der Waals surface area contributed by atoms with E-state index in [4.69, 9.17) is 23.8 Å². The minimum atomic E-state index is 0.512. The van der Waals surface area contributed by atoms with Gasteiger partial charge in [-0.05, 0) is 100 Å². The first-order valence-corrected chi connectivity index (χ1v) is 24.2. The van der Waals surface area contributed by atoms with Gasteiger partial charge >= 0.3 is 0 Å². The third-order valence-corrected chi connectivity index (χ3v) is 14.7. The van der Waals surface area contributed by atoms with Gasteiger partial charge in [-0.25, -0.2) is 15.0 Å². The fourth-order valence-electron chi connectivity index (χ4n) is 11.5. The molecule has 7 heteroatoms. The summed E-state index contributed by atoms with van der Waals surface area (Å²) in [6, 6.07) is 79.2. The van der Waals surface area contributed by atoms with E-state index >= 15 is 0 Å². The van der Waals surface area contributed by atoms with Crippen LogP contribution in [0.15, 0.2) is 233 Å². The van der Waals surface area contributed by atoms with Gasteiger partial charge in [-0.3, -0.25) is 0 Å². The van der Waals surface area contributed by atoms with Gasteiger partial charge in [0.1, 0.15) is 22.3 Å². The van der Waals surface area contributed by atoms with Crippen molar-refractivity contribution in [2.75, 3.05) is 0 Å². The van der Waals surface area contributed by atoms with Gasteiger partial charge in [0.2, 0.25) is 0 Å². The summed E-state index contributed by atoms with van der Waals surface area (Å²) in [5.41, 5.74) is 12.0. The number of aromatic nitrogens is 5. The normalized spacial score (nSPS) is 12.2. The van der Waals surface area contributed by atoms with Crippen molar-refractivity contribution in [2.24, 2.45) is 0 Å². The molecule has 0 saturated heterocycles. The van der Waals surface area contributed by atoms with E-state index in [1.807, 2.05) is 36.4 Å². The Morgan fingerprint density at radius 1 is 0.278 bits per heavy atom. The lowest BCUT2D eigenvalue weighted by Gasteiger charge is -2.16. The molecule has 0 N–H and O–H groups in total. The van der Waals surface area contributed by atoms with Crippen LogP contribution in [-0.4, -0.2) is 24.1 Å². The van der Waals surface area contributed by atoms with Gasteiger partial charge in [0.25, 0.3) is 0 Å². The fraction of sp³-hybridized carbons (Fsp3) is 0. The number of para-hydroxylation sites is 4. The summed E-state index contributed by atoms with van der Waals surface area (Å²) in [5.74, 6) is 1.60. The van der Waals surface area contributed by atoms with E-state index in [1.54, 1.807) is 0 Å². The van der Waals surface area contributed by atoms with E-state index in [1.165, 1.54) is 10.8 Å². The van der Waals surface area contributed by atoms with Crippen molar-refractivity contribution < 1.29 is 8.83 Å². The van der Waals surface area contributed by atoms with Crippen LogP contribution in [0.1, 0.15) is 0 Å². The predicted octanol–water partition coefficient (Wildman–Crippen LogP) is 17.2. The molecule has 0 radical (unpaired) electrons. The largest absolute Gasteiger partial charge is 0.456 e. The van der Waals surface area contributed by atoms with Crippen molar-refractivity contribution >= 4 is 109 Å². The molecule has 0 spiro atoms. The molecule has 334 valence electrons. The van der Waals surface area contributed by atoms with Gasteiger partial charge in [0, 0.05) is 65.5 Å². The summed E-state index contributed by atoms with van der Waals surface area (Å²) in [5, 5.41) is 13.1.